The Hall–Kier alpha value is -0.590. The van der Waals surface area contributed by atoms with Crippen molar-refractivity contribution in [1.29, 1.82) is 0 Å². The molecule has 1 heteroatoms. The number of hydrogen-bond acceptors (Lipinski definition) is 1. The van der Waals surface area contributed by atoms with Gasteiger partial charge in [0.1, 0.15) is 5.78 Å². The van der Waals surface area contributed by atoms with Gasteiger partial charge in [0.15, 0.2) is 0 Å². The second-order valence-corrected chi connectivity index (χ2v) is 4.52. The lowest BCUT2D eigenvalue weighted by molar-refractivity contribution is -0.119. The van der Waals surface area contributed by atoms with Gasteiger partial charge >= 0.3 is 0 Å². The van der Waals surface area contributed by atoms with Crippen molar-refractivity contribution in [1.82, 2.24) is 0 Å². The molecule has 0 saturated heterocycles. The maximum absolute atomic E-state index is 11.5. The summed E-state index contributed by atoms with van der Waals surface area (Å²) < 4.78 is 0. The first-order valence-electron chi connectivity index (χ1n) is 5.04. The molecule has 0 aromatic rings. The van der Waals surface area contributed by atoms with E-state index in [-0.39, 0.29) is 0 Å². The lowest BCUT2D eigenvalue weighted by Gasteiger charge is -2.09. The van der Waals surface area contributed by atoms with Gasteiger partial charge in [-0.1, -0.05) is 12.2 Å². The van der Waals surface area contributed by atoms with Crippen LogP contribution in [0.4, 0.5) is 0 Å². The molecule has 0 radical (unpaired) electrons. The Bertz CT molecular complexity index is 266. The number of carbonyl (C=O) groups excluding carboxylic acids is 1. The average molecular weight is 162 g/mol. The predicted molar refractivity (Wildman–Crippen MR) is 46.6 cm³/mol. The van der Waals surface area contributed by atoms with Crippen LogP contribution in [0.5, 0.6) is 0 Å². The zero-order valence-electron chi connectivity index (χ0n) is 7.25. The van der Waals surface area contributed by atoms with E-state index in [0.29, 0.717) is 23.0 Å². The number of hydrogen-bond donors (Lipinski definition) is 0. The van der Waals surface area contributed by atoms with Crippen LogP contribution in [-0.2, 0) is 4.79 Å². The molecule has 1 nitrogen and oxygen atoms in total. The lowest BCUT2D eigenvalue weighted by atomic mass is 9.95. The van der Waals surface area contributed by atoms with E-state index in [4.69, 9.17) is 0 Å². The fourth-order valence-corrected chi connectivity index (χ4v) is 3.42. The van der Waals surface area contributed by atoms with Crippen molar-refractivity contribution in [3.05, 3.63) is 12.2 Å². The van der Waals surface area contributed by atoms with Crippen LogP contribution in [0, 0.1) is 17.3 Å². The standard InChI is InChI=1S/C11H14O/c12-9-5-7-11-6-3-1-2-4-8(11)10(9)11/h2,4,8,10H,1,3,5-7H2. The normalized spacial score (nSPS) is 49.8. The molecule has 0 amide bonds. The zero-order chi connectivity index (χ0) is 8.18. The average Bonchev–Trinajstić information content (AvgIpc) is 2.61. The van der Waals surface area contributed by atoms with E-state index in [9.17, 15) is 4.79 Å². The smallest absolute Gasteiger partial charge is 0.137 e. The highest BCUT2D eigenvalue weighted by Gasteiger charge is 2.68. The first kappa shape index (κ1) is 6.88. The van der Waals surface area contributed by atoms with E-state index >= 15 is 0 Å². The van der Waals surface area contributed by atoms with Crippen molar-refractivity contribution in [2.24, 2.45) is 17.3 Å². The van der Waals surface area contributed by atoms with Gasteiger partial charge in [-0.3, -0.25) is 4.79 Å². The zero-order valence-corrected chi connectivity index (χ0v) is 7.25. The van der Waals surface area contributed by atoms with Gasteiger partial charge in [0.25, 0.3) is 0 Å². The molecule has 2 saturated carbocycles. The van der Waals surface area contributed by atoms with Crippen molar-refractivity contribution in [3.8, 4) is 0 Å². The molecule has 3 aliphatic carbocycles. The largest absolute Gasteiger partial charge is 0.299 e. The molecule has 12 heavy (non-hydrogen) atoms. The van der Waals surface area contributed by atoms with Crippen LogP contribution in [0.2, 0.25) is 0 Å². The Kier molecular flexibility index (Phi) is 1.15. The predicted octanol–water partition coefficient (Wildman–Crippen LogP) is 2.32. The monoisotopic (exact) mass is 162 g/mol. The van der Waals surface area contributed by atoms with E-state index in [2.05, 4.69) is 12.2 Å². The van der Waals surface area contributed by atoms with Crippen molar-refractivity contribution in [3.63, 3.8) is 0 Å². The molecular weight excluding hydrogens is 148 g/mol. The summed E-state index contributed by atoms with van der Waals surface area (Å²) in [5.74, 6) is 1.65. The van der Waals surface area contributed by atoms with Gasteiger partial charge in [-0.15, -0.1) is 0 Å². The molecule has 0 aromatic carbocycles. The molecule has 3 unspecified atom stereocenters. The maximum Gasteiger partial charge on any atom is 0.137 e. The molecule has 3 atom stereocenters. The van der Waals surface area contributed by atoms with E-state index in [1.807, 2.05) is 0 Å². The van der Waals surface area contributed by atoms with E-state index < -0.39 is 0 Å². The highest BCUT2D eigenvalue weighted by atomic mass is 16.1. The number of fused-ring (bicyclic) bond motifs is 1. The van der Waals surface area contributed by atoms with E-state index in [1.165, 1.54) is 25.7 Å². The van der Waals surface area contributed by atoms with Crippen LogP contribution < -0.4 is 0 Å². The number of ketones is 1. The summed E-state index contributed by atoms with van der Waals surface area (Å²) in [5.41, 5.74) is 0.476. The molecule has 64 valence electrons. The highest BCUT2D eigenvalue weighted by Crippen LogP contribution is 2.70. The van der Waals surface area contributed by atoms with Crippen LogP contribution in [0.3, 0.4) is 0 Å². The highest BCUT2D eigenvalue weighted by molar-refractivity contribution is 5.89. The first-order valence-corrected chi connectivity index (χ1v) is 5.04. The third kappa shape index (κ3) is 0.634. The Morgan fingerprint density at radius 1 is 1.42 bits per heavy atom. The maximum atomic E-state index is 11.5. The fraction of sp³-hybridized carbons (Fsp3) is 0.727. The third-order valence-corrected chi connectivity index (χ3v) is 4.07. The van der Waals surface area contributed by atoms with Crippen LogP contribution in [0.25, 0.3) is 0 Å². The third-order valence-electron chi connectivity index (χ3n) is 4.07. The first-order chi connectivity index (χ1) is 5.84. The minimum Gasteiger partial charge on any atom is -0.299 e. The molecule has 3 rings (SSSR count). The Morgan fingerprint density at radius 3 is 3.25 bits per heavy atom. The van der Waals surface area contributed by atoms with Gasteiger partial charge in [0.2, 0.25) is 0 Å². The summed E-state index contributed by atoms with van der Waals surface area (Å²) in [5, 5.41) is 0. The fourth-order valence-electron chi connectivity index (χ4n) is 3.42. The van der Waals surface area contributed by atoms with Crippen LogP contribution in [0.1, 0.15) is 32.1 Å². The van der Waals surface area contributed by atoms with Crippen molar-refractivity contribution in [2.75, 3.05) is 0 Å². The minimum absolute atomic E-state index is 0.453. The van der Waals surface area contributed by atoms with Gasteiger partial charge in [-0.25, -0.2) is 0 Å². The molecule has 0 N–H and O–H groups in total. The van der Waals surface area contributed by atoms with Gasteiger partial charge in [-0.05, 0) is 37.0 Å². The molecule has 0 aliphatic heterocycles. The number of Topliss-reactive ketones (excluding diaryl/α,β-unsaturated/α-hetero) is 1. The second kappa shape index (κ2) is 2.01. The molecule has 2 fully saturated rings. The summed E-state index contributed by atoms with van der Waals surface area (Å²) in [6, 6.07) is 0. The summed E-state index contributed by atoms with van der Waals surface area (Å²) in [4.78, 5) is 11.5. The van der Waals surface area contributed by atoms with Gasteiger partial charge < -0.3 is 0 Å². The van der Waals surface area contributed by atoms with Gasteiger partial charge in [-0.2, -0.15) is 0 Å². The molecule has 0 heterocycles. The topological polar surface area (TPSA) is 17.1 Å². The molecule has 3 aliphatic rings. The molecule has 0 bridgehead atoms. The Balaban J connectivity index is 1.95. The number of carbonyl (C=O) groups is 1. The Labute approximate surface area is 72.8 Å². The lowest BCUT2D eigenvalue weighted by Crippen LogP contribution is -1.99. The quantitative estimate of drug-likeness (QED) is 0.499. The summed E-state index contributed by atoms with van der Waals surface area (Å²) >= 11 is 0. The molecule has 1 spiro atoms. The minimum atomic E-state index is 0.453. The van der Waals surface area contributed by atoms with Gasteiger partial charge in [0, 0.05) is 12.3 Å². The summed E-state index contributed by atoms with van der Waals surface area (Å²) in [7, 11) is 0. The molecule has 0 aromatic heterocycles. The Morgan fingerprint density at radius 2 is 2.33 bits per heavy atom. The second-order valence-electron chi connectivity index (χ2n) is 4.52. The van der Waals surface area contributed by atoms with Crippen molar-refractivity contribution < 1.29 is 4.79 Å². The van der Waals surface area contributed by atoms with E-state index in [1.54, 1.807) is 0 Å². The van der Waals surface area contributed by atoms with Crippen LogP contribution >= 0.6 is 0 Å². The number of rotatable bonds is 0. The molecular formula is C11H14O. The summed E-state index contributed by atoms with van der Waals surface area (Å²) in [6.45, 7) is 0. The van der Waals surface area contributed by atoms with Crippen molar-refractivity contribution in [2.45, 2.75) is 32.1 Å². The van der Waals surface area contributed by atoms with Gasteiger partial charge in [0.05, 0.1) is 0 Å². The van der Waals surface area contributed by atoms with Crippen LogP contribution in [0.15, 0.2) is 12.2 Å². The summed E-state index contributed by atoms with van der Waals surface area (Å²) in [6.07, 6.45) is 10.5. The van der Waals surface area contributed by atoms with Crippen molar-refractivity contribution >= 4 is 5.78 Å². The SMILES string of the molecule is O=C1CCC23CCCC=CC2C13. The van der Waals surface area contributed by atoms with Crippen LogP contribution in [-0.4, -0.2) is 5.78 Å². The van der Waals surface area contributed by atoms with E-state index in [0.717, 1.165) is 6.42 Å². The number of allylic oxidation sites excluding steroid dienone is 2.